The normalized spacial score (nSPS) is 10.4. The second-order valence-corrected chi connectivity index (χ2v) is 4.80. The molecule has 0 unspecified atom stereocenters. The predicted octanol–water partition coefficient (Wildman–Crippen LogP) is 2.97. The first kappa shape index (κ1) is 14.3. The second kappa shape index (κ2) is 5.92. The summed E-state index contributed by atoms with van der Waals surface area (Å²) >= 11 is 0. The van der Waals surface area contributed by atoms with Gasteiger partial charge in [-0.1, -0.05) is 0 Å². The topological polar surface area (TPSA) is 45.6 Å². The maximum Gasteiger partial charge on any atom is 0.138 e. The second-order valence-electron chi connectivity index (χ2n) is 4.80. The molecule has 0 aliphatic rings. The van der Waals surface area contributed by atoms with Gasteiger partial charge in [-0.25, -0.2) is 4.98 Å². The molecule has 20 heavy (non-hydrogen) atoms. The smallest absolute Gasteiger partial charge is 0.138 e. The number of aliphatic hydroxyl groups excluding tert-OH is 1. The molecule has 4 nitrogen and oxygen atoms in total. The van der Waals surface area contributed by atoms with Crippen molar-refractivity contribution in [2.45, 2.75) is 20.5 Å². The van der Waals surface area contributed by atoms with Crippen LogP contribution in [0.5, 0.6) is 5.75 Å². The van der Waals surface area contributed by atoms with Crippen LogP contribution in [0.4, 0.5) is 11.5 Å². The summed E-state index contributed by atoms with van der Waals surface area (Å²) in [6.07, 6.45) is 0. The highest BCUT2D eigenvalue weighted by Crippen LogP contribution is 2.29. The van der Waals surface area contributed by atoms with Crippen LogP contribution in [0.2, 0.25) is 0 Å². The Balaban J connectivity index is 2.43. The minimum absolute atomic E-state index is 0.0189. The van der Waals surface area contributed by atoms with Crippen LogP contribution in [-0.2, 0) is 6.61 Å². The van der Waals surface area contributed by atoms with E-state index in [0.29, 0.717) is 0 Å². The number of hydrogen-bond donors (Lipinski definition) is 1. The van der Waals surface area contributed by atoms with Crippen LogP contribution in [0.25, 0.3) is 0 Å². The number of rotatable bonds is 4. The van der Waals surface area contributed by atoms with E-state index in [2.05, 4.69) is 4.98 Å². The highest BCUT2D eigenvalue weighted by molar-refractivity contribution is 5.64. The molecule has 0 saturated carbocycles. The van der Waals surface area contributed by atoms with Crippen LogP contribution in [-0.4, -0.2) is 24.2 Å². The van der Waals surface area contributed by atoms with Gasteiger partial charge in [0, 0.05) is 24.0 Å². The Bertz CT molecular complexity index is 594. The Labute approximate surface area is 119 Å². The van der Waals surface area contributed by atoms with Crippen LogP contribution in [0.1, 0.15) is 16.8 Å². The highest BCUT2D eigenvalue weighted by Gasteiger charge is 2.13. The molecule has 106 valence electrons. The van der Waals surface area contributed by atoms with Crippen molar-refractivity contribution >= 4 is 11.5 Å². The third kappa shape index (κ3) is 2.75. The molecule has 1 aromatic carbocycles. The van der Waals surface area contributed by atoms with Crippen molar-refractivity contribution in [1.82, 2.24) is 4.98 Å². The maximum atomic E-state index is 9.58. The lowest BCUT2D eigenvalue weighted by Crippen LogP contribution is -2.15. The first-order chi connectivity index (χ1) is 9.56. The zero-order chi connectivity index (χ0) is 14.7. The molecule has 0 saturated heterocycles. The highest BCUT2D eigenvalue weighted by atomic mass is 16.5. The fourth-order valence-corrected chi connectivity index (χ4v) is 2.24. The monoisotopic (exact) mass is 272 g/mol. The number of aromatic nitrogens is 1. The summed E-state index contributed by atoms with van der Waals surface area (Å²) in [5.41, 5.74) is 3.84. The maximum absolute atomic E-state index is 9.58. The number of aryl methyl sites for hydroxylation is 2. The Morgan fingerprint density at radius 2 is 1.85 bits per heavy atom. The number of hydrogen-bond acceptors (Lipinski definition) is 4. The standard InChI is InChI=1S/C16H20N2O2/c1-11-9-12(2)17-16(15(11)10-19)18(3)13-5-7-14(20-4)8-6-13/h5-9,19H,10H2,1-4H3. The molecular formula is C16H20N2O2. The predicted molar refractivity (Wildman–Crippen MR) is 80.7 cm³/mol. The number of ether oxygens (including phenoxy) is 1. The SMILES string of the molecule is COc1ccc(N(C)c2nc(C)cc(C)c2CO)cc1. The van der Waals surface area contributed by atoms with E-state index in [1.165, 1.54) is 0 Å². The molecule has 0 bridgehead atoms. The molecule has 1 aromatic heterocycles. The van der Waals surface area contributed by atoms with Crippen LogP contribution < -0.4 is 9.64 Å². The summed E-state index contributed by atoms with van der Waals surface area (Å²) < 4.78 is 5.16. The molecule has 1 heterocycles. The largest absolute Gasteiger partial charge is 0.497 e. The van der Waals surface area contributed by atoms with Gasteiger partial charge in [0.1, 0.15) is 11.6 Å². The van der Waals surface area contributed by atoms with E-state index < -0.39 is 0 Å². The number of methoxy groups -OCH3 is 1. The quantitative estimate of drug-likeness (QED) is 0.929. The fourth-order valence-electron chi connectivity index (χ4n) is 2.24. The van der Waals surface area contributed by atoms with E-state index in [1.807, 2.05) is 56.1 Å². The molecule has 0 amide bonds. The van der Waals surface area contributed by atoms with Crippen molar-refractivity contribution in [3.63, 3.8) is 0 Å². The number of pyridine rings is 1. The van der Waals surface area contributed by atoms with E-state index in [0.717, 1.165) is 34.1 Å². The summed E-state index contributed by atoms with van der Waals surface area (Å²) in [6.45, 7) is 3.93. The lowest BCUT2D eigenvalue weighted by molar-refractivity contribution is 0.281. The van der Waals surface area contributed by atoms with E-state index in [1.54, 1.807) is 7.11 Å². The van der Waals surface area contributed by atoms with Crippen molar-refractivity contribution < 1.29 is 9.84 Å². The first-order valence-electron chi connectivity index (χ1n) is 6.52. The molecule has 0 aliphatic carbocycles. The molecular weight excluding hydrogens is 252 g/mol. The Kier molecular flexibility index (Phi) is 4.25. The molecule has 0 aliphatic heterocycles. The van der Waals surface area contributed by atoms with Gasteiger partial charge < -0.3 is 14.7 Å². The zero-order valence-electron chi connectivity index (χ0n) is 12.3. The third-order valence-electron chi connectivity index (χ3n) is 3.39. The summed E-state index contributed by atoms with van der Waals surface area (Å²) in [6, 6.07) is 9.75. The van der Waals surface area contributed by atoms with Gasteiger partial charge in [0.05, 0.1) is 13.7 Å². The average Bonchev–Trinajstić information content (AvgIpc) is 2.46. The van der Waals surface area contributed by atoms with Crippen molar-refractivity contribution in [1.29, 1.82) is 0 Å². The molecule has 2 rings (SSSR count). The van der Waals surface area contributed by atoms with E-state index in [9.17, 15) is 5.11 Å². The Morgan fingerprint density at radius 3 is 2.40 bits per heavy atom. The minimum atomic E-state index is -0.0189. The molecule has 0 fully saturated rings. The van der Waals surface area contributed by atoms with Crippen LogP contribution in [0.3, 0.4) is 0 Å². The minimum Gasteiger partial charge on any atom is -0.497 e. The molecule has 0 spiro atoms. The van der Waals surface area contributed by atoms with Gasteiger partial charge >= 0.3 is 0 Å². The summed E-state index contributed by atoms with van der Waals surface area (Å²) in [5.74, 6) is 1.60. The molecule has 0 radical (unpaired) electrons. The van der Waals surface area contributed by atoms with Gasteiger partial charge in [-0.2, -0.15) is 0 Å². The summed E-state index contributed by atoms with van der Waals surface area (Å²) in [7, 11) is 3.59. The van der Waals surface area contributed by atoms with Crippen molar-refractivity contribution in [3.8, 4) is 5.75 Å². The molecule has 0 atom stereocenters. The van der Waals surface area contributed by atoms with Gasteiger partial charge in [-0.3, -0.25) is 0 Å². The van der Waals surface area contributed by atoms with Gasteiger partial charge in [0.2, 0.25) is 0 Å². The molecule has 4 heteroatoms. The van der Waals surface area contributed by atoms with Crippen LogP contribution >= 0.6 is 0 Å². The number of nitrogens with zero attached hydrogens (tertiary/aromatic N) is 2. The Hall–Kier alpha value is -2.07. The Morgan fingerprint density at radius 1 is 1.20 bits per heavy atom. The van der Waals surface area contributed by atoms with E-state index in [-0.39, 0.29) is 6.61 Å². The van der Waals surface area contributed by atoms with Gasteiger partial charge in [-0.15, -0.1) is 0 Å². The van der Waals surface area contributed by atoms with Crippen molar-refractivity contribution in [3.05, 3.63) is 47.2 Å². The van der Waals surface area contributed by atoms with E-state index in [4.69, 9.17) is 4.74 Å². The summed E-state index contributed by atoms with van der Waals surface area (Å²) in [5, 5.41) is 9.58. The van der Waals surface area contributed by atoms with Crippen molar-refractivity contribution in [2.24, 2.45) is 0 Å². The average molecular weight is 272 g/mol. The first-order valence-corrected chi connectivity index (χ1v) is 6.52. The van der Waals surface area contributed by atoms with Crippen molar-refractivity contribution in [2.75, 3.05) is 19.1 Å². The van der Waals surface area contributed by atoms with Gasteiger partial charge in [-0.05, 0) is 49.7 Å². The zero-order valence-corrected chi connectivity index (χ0v) is 12.3. The fraction of sp³-hybridized carbons (Fsp3) is 0.312. The third-order valence-corrected chi connectivity index (χ3v) is 3.39. The molecule has 2 aromatic rings. The lowest BCUT2D eigenvalue weighted by atomic mass is 10.1. The number of aliphatic hydroxyl groups is 1. The van der Waals surface area contributed by atoms with Gasteiger partial charge in [0.15, 0.2) is 0 Å². The van der Waals surface area contributed by atoms with E-state index >= 15 is 0 Å². The molecule has 1 N–H and O–H groups in total. The number of anilines is 2. The van der Waals surface area contributed by atoms with Crippen LogP contribution in [0.15, 0.2) is 30.3 Å². The van der Waals surface area contributed by atoms with Crippen LogP contribution in [0, 0.1) is 13.8 Å². The summed E-state index contributed by atoms with van der Waals surface area (Å²) in [4.78, 5) is 6.54. The van der Waals surface area contributed by atoms with Gasteiger partial charge in [0.25, 0.3) is 0 Å². The number of benzene rings is 1. The lowest BCUT2D eigenvalue weighted by Gasteiger charge is -2.22.